The number of aromatic nitrogens is 2. The quantitative estimate of drug-likeness (QED) is 0.887. The predicted molar refractivity (Wildman–Crippen MR) is 87.8 cm³/mol. The molecular formula is C15H21ClN4S. The Kier molecular flexibility index (Phi) is 4.95. The molecule has 0 aliphatic carbocycles. The van der Waals surface area contributed by atoms with Gasteiger partial charge in [0.1, 0.15) is 0 Å². The number of aromatic amines is 1. The Morgan fingerprint density at radius 1 is 1.57 bits per heavy atom. The molecule has 21 heavy (non-hydrogen) atoms. The fourth-order valence-electron chi connectivity index (χ4n) is 2.81. The Hall–Kier alpha value is -0.880. The van der Waals surface area contributed by atoms with Gasteiger partial charge in [0, 0.05) is 30.6 Å². The van der Waals surface area contributed by atoms with Crippen LogP contribution in [0, 0.1) is 6.92 Å². The summed E-state index contributed by atoms with van der Waals surface area (Å²) in [5.41, 5.74) is 1.86. The first-order valence-electron chi connectivity index (χ1n) is 7.40. The number of hydrogen-bond acceptors (Lipinski definition) is 4. The number of aryl methyl sites for hydroxylation is 1. The smallest absolute Gasteiger partial charge is 0.0948 e. The third kappa shape index (κ3) is 3.86. The number of piperidine rings is 1. The van der Waals surface area contributed by atoms with Gasteiger partial charge in [0.15, 0.2) is 0 Å². The number of thiophene rings is 1. The van der Waals surface area contributed by atoms with Crippen molar-refractivity contribution in [3.63, 3.8) is 0 Å². The summed E-state index contributed by atoms with van der Waals surface area (Å²) in [5.74, 6) is 0. The molecule has 1 unspecified atom stereocenters. The molecule has 114 valence electrons. The minimum Gasteiger partial charge on any atom is -0.307 e. The summed E-state index contributed by atoms with van der Waals surface area (Å²) in [7, 11) is 0. The van der Waals surface area contributed by atoms with E-state index in [0.29, 0.717) is 6.04 Å². The predicted octanol–water partition coefficient (Wildman–Crippen LogP) is 3.19. The number of rotatable bonds is 5. The maximum Gasteiger partial charge on any atom is 0.0948 e. The standard InChI is InChI=1S/C15H21ClN4S/c1-11-15(16)14(19-18-11)8-17-12-4-2-6-20(9-12)10-13-5-3-7-21-13/h3,5,7,12,17H,2,4,6,8-10H2,1H3,(H,18,19). The lowest BCUT2D eigenvalue weighted by Crippen LogP contribution is -2.44. The summed E-state index contributed by atoms with van der Waals surface area (Å²) in [5, 5.41) is 13.7. The monoisotopic (exact) mass is 324 g/mol. The van der Waals surface area contributed by atoms with E-state index in [1.165, 1.54) is 24.3 Å². The molecule has 0 aromatic carbocycles. The van der Waals surface area contributed by atoms with Gasteiger partial charge in [-0.3, -0.25) is 10.00 Å². The van der Waals surface area contributed by atoms with Crippen LogP contribution in [0.1, 0.15) is 29.1 Å². The van der Waals surface area contributed by atoms with E-state index in [-0.39, 0.29) is 0 Å². The Balaban J connectivity index is 1.50. The average molecular weight is 325 g/mol. The molecule has 0 saturated carbocycles. The van der Waals surface area contributed by atoms with E-state index in [4.69, 9.17) is 11.6 Å². The summed E-state index contributed by atoms with van der Waals surface area (Å²) in [6.45, 7) is 6.04. The number of nitrogens with zero attached hydrogens (tertiary/aromatic N) is 2. The van der Waals surface area contributed by atoms with Crippen LogP contribution in [-0.2, 0) is 13.1 Å². The van der Waals surface area contributed by atoms with Crippen LogP contribution in [-0.4, -0.2) is 34.2 Å². The molecule has 0 amide bonds. The molecule has 0 spiro atoms. The Labute approximate surface area is 134 Å². The molecule has 0 radical (unpaired) electrons. The lowest BCUT2D eigenvalue weighted by atomic mass is 10.1. The highest BCUT2D eigenvalue weighted by Crippen LogP contribution is 2.19. The van der Waals surface area contributed by atoms with Crippen molar-refractivity contribution in [3.05, 3.63) is 38.8 Å². The maximum atomic E-state index is 6.21. The second-order valence-electron chi connectivity index (χ2n) is 5.64. The lowest BCUT2D eigenvalue weighted by Gasteiger charge is -2.32. The van der Waals surface area contributed by atoms with E-state index in [9.17, 15) is 0 Å². The summed E-state index contributed by atoms with van der Waals surface area (Å²) in [4.78, 5) is 3.98. The third-order valence-electron chi connectivity index (χ3n) is 3.96. The second-order valence-corrected chi connectivity index (χ2v) is 7.05. The van der Waals surface area contributed by atoms with Crippen LogP contribution >= 0.6 is 22.9 Å². The summed E-state index contributed by atoms with van der Waals surface area (Å²) < 4.78 is 0. The van der Waals surface area contributed by atoms with E-state index < -0.39 is 0 Å². The topological polar surface area (TPSA) is 44.0 Å². The number of hydrogen-bond donors (Lipinski definition) is 2. The molecule has 1 aliphatic rings. The number of likely N-dealkylation sites (tertiary alicyclic amines) is 1. The van der Waals surface area contributed by atoms with Crippen molar-refractivity contribution in [2.75, 3.05) is 13.1 Å². The van der Waals surface area contributed by atoms with Gasteiger partial charge in [-0.1, -0.05) is 17.7 Å². The summed E-state index contributed by atoms with van der Waals surface area (Å²) in [6.07, 6.45) is 2.47. The van der Waals surface area contributed by atoms with Crippen molar-refractivity contribution in [1.29, 1.82) is 0 Å². The van der Waals surface area contributed by atoms with E-state index in [1.807, 2.05) is 18.3 Å². The molecule has 3 rings (SSSR count). The first-order chi connectivity index (χ1) is 10.2. The molecule has 2 aromatic heterocycles. The summed E-state index contributed by atoms with van der Waals surface area (Å²) >= 11 is 8.05. The Morgan fingerprint density at radius 2 is 2.48 bits per heavy atom. The zero-order valence-corrected chi connectivity index (χ0v) is 13.8. The fourth-order valence-corrected chi connectivity index (χ4v) is 3.71. The van der Waals surface area contributed by atoms with Gasteiger partial charge in [0.25, 0.3) is 0 Å². The van der Waals surface area contributed by atoms with E-state index in [1.54, 1.807) is 0 Å². The van der Waals surface area contributed by atoms with Gasteiger partial charge in [-0.05, 0) is 37.8 Å². The Bertz CT molecular complexity index is 566. The third-order valence-corrected chi connectivity index (χ3v) is 5.33. The molecule has 2 aromatic rings. The van der Waals surface area contributed by atoms with Crippen LogP contribution < -0.4 is 5.32 Å². The second kappa shape index (κ2) is 6.92. The van der Waals surface area contributed by atoms with Gasteiger partial charge in [-0.25, -0.2) is 0 Å². The van der Waals surface area contributed by atoms with Gasteiger partial charge in [-0.15, -0.1) is 11.3 Å². The van der Waals surface area contributed by atoms with Gasteiger partial charge in [-0.2, -0.15) is 5.10 Å². The average Bonchev–Trinajstić information content (AvgIpc) is 3.10. The van der Waals surface area contributed by atoms with Crippen molar-refractivity contribution in [3.8, 4) is 0 Å². The molecule has 1 aliphatic heterocycles. The van der Waals surface area contributed by atoms with E-state index >= 15 is 0 Å². The highest BCUT2D eigenvalue weighted by Gasteiger charge is 2.20. The van der Waals surface area contributed by atoms with Crippen molar-refractivity contribution < 1.29 is 0 Å². The summed E-state index contributed by atoms with van der Waals surface area (Å²) in [6, 6.07) is 4.86. The SMILES string of the molecule is Cc1[nH]nc(CNC2CCCN(Cc3cccs3)C2)c1Cl. The van der Waals surface area contributed by atoms with Crippen LogP contribution in [0.5, 0.6) is 0 Å². The van der Waals surface area contributed by atoms with Crippen molar-refractivity contribution in [2.24, 2.45) is 0 Å². The zero-order valence-electron chi connectivity index (χ0n) is 12.2. The molecule has 1 atom stereocenters. The normalized spacial score (nSPS) is 20.0. The van der Waals surface area contributed by atoms with Crippen LogP contribution in [0.2, 0.25) is 5.02 Å². The zero-order chi connectivity index (χ0) is 14.7. The number of halogens is 1. The van der Waals surface area contributed by atoms with Crippen molar-refractivity contribution in [2.45, 2.75) is 38.9 Å². The highest BCUT2D eigenvalue weighted by molar-refractivity contribution is 7.09. The van der Waals surface area contributed by atoms with Gasteiger partial charge in [0.2, 0.25) is 0 Å². The highest BCUT2D eigenvalue weighted by atomic mass is 35.5. The molecule has 6 heteroatoms. The fraction of sp³-hybridized carbons (Fsp3) is 0.533. The molecule has 1 fully saturated rings. The number of nitrogens with one attached hydrogen (secondary N) is 2. The largest absolute Gasteiger partial charge is 0.307 e. The molecular weight excluding hydrogens is 304 g/mol. The molecule has 1 saturated heterocycles. The first-order valence-corrected chi connectivity index (χ1v) is 8.65. The molecule has 0 bridgehead atoms. The van der Waals surface area contributed by atoms with Crippen LogP contribution in [0.4, 0.5) is 0 Å². The first kappa shape index (κ1) is 15.0. The van der Waals surface area contributed by atoms with Crippen molar-refractivity contribution >= 4 is 22.9 Å². The minimum atomic E-state index is 0.520. The van der Waals surface area contributed by atoms with E-state index in [0.717, 1.165) is 36.0 Å². The van der Waals surface area contributed by atoms with E-state index in [2.05, 4.69) is 37.9 Å². The minimum absolute atomic E-state index is 0.520. The van der Waals surface area contributed by atoms with Crippen molar-refractivity contribution in [1.82, 2.24) is 20.4 Å². The van der Waals surface area contributed by atoms with Crippen LogP contribution in [0.25, 0.3) is 0 Å². The maximum absolute atomic E-state index is 6.21. The lowest BCUT2D eigenvalue weighted by molar-refractivity contribution is 0.184. The molecule has 4 nitrogen and oxygen atoms in total. The van der Waals surface area contributed by atoms with Gasteiger partial charge >= 0.3 is 0 Å². The van der Waals surface area contributed by atoms with Gasteiger partial charge < -0.3 is 5.32 Å². The molecule has 3 heterocycles. The van der Waals surface area contributed by atoms with Crippen LogP contribution in [0.3, 0.4) is 0 Å². The van der Waals surface area contributed by atoms with Crippen LogP contribution in [0.15, 0.2) is 17.5 Å². The Morgan fingerprint density at radius 3 is 3.19 bits per heavy atom. The number of H-pyrrole nitrogens is 1. The van der Waals surface area contributed by atoms with Gasteiger partial charge in [0.05, 0.1) is 16.4 Å². The molecule has 2 N–H and O–H groups in total.